The highest BCUT2D eigenvalue weighted by Gasteiger charge is 2.26. The first kappa shape index (κ1) is 27.6. The normalized spacial score (nSPS) is 15.2. The van der Waals surface area contributed by atoms with E-state index < -0.39 is 20.5 Å². The molecule has 1 amide bonds. The van der Waals surface area contributed by atoms with Crippen molar-refractivity contribution >= 4 is 44.1 Å². The second kappa shape index (κ2) is 11.3. The Labute approximate surface area is 231 Å². The van der Waals surface area contributed by atoms with Crippen LogP contribution in [0, 0.1) is 12.7 Å². The van der Waals surface area contributed by atoms with Crippen molar-refractivity contribution in [2.24, 2.45) is 0 Å². The Kier molecular flexibility index (Phi) is 7.79. The lowest BCUT2D eigenvalue weighted by atomic mass is 10.1. The third-order valence-electron chi connectivity index (χ3n) is 6.96. The van der Waals surface area contributed by atoms with Crippen LogP contribution in [0.5, 0.6) is 0 Å². The molecular weight excluding hydrogens is 535 g/mol. The van der Waals surface area contributed by atoms with Gasteiger partial charge in [0.2, 0.25) is 11.9 Å². The molecule has 0 unspecified atom stereocenters. The maximum absolute atomic E-state index is 14.9. The van der Waals surface area contributed by atoms with Gasteiger partial charge in [0, 0.05) is 62.0 Å². The highest BCUT2D eigenvalue weighted by Crippen LogP contribution is 2.33. The Hall–Kier alpha value is -3.94. The molecule has 4 aromatic rings. The summed E-state index contributed by atoms with van der Waals surface area (Å²) in [4.78, 5) is 31.5. The van der Waals surface area contributed by atoms with Crippen LogP contribution in [-0.4, -0.2) is 77.6 Å². The van der Waals surface area contributed by atoms with E-state index in [0.29, 0.717) is 23.4 Å². The summed E-state index contributed by atoms with van der Waals surface area (Å²) in [5.74, 6) is -0.486. The highest BCUT2D eigenvalue weighted by atomic mass is 32.2. The molecule has 1 fully saturated rings. The molecule has 4 heterocycles. The van der Waals surface area contributed by atoms with Crippen LogP contribution < -0.4 is 16.0 Å². The molecule has 0 saturated carbocycles. The summed E-state index contributed by atoms with van der Waals surface area (Å²) < 4.78 is 38.8. The van der Waals surface area contributed by atoms with Crippen LogP contribution in [-0.2, 0) is 14.6 Å². The summed E-state index contributed by atoms with van der Waals surface area (Å²) >= 11 is 0. The zero-order chi connectivity index (χ0) is 28.4. The Bertz CT molecular complexity index is 1670. The molecule has 5 rings (SSSR count). The number of pyridine rings is 1. The number of rotatable bonds is 8. The lowest BCUT2D eigenvalue weighted by Crippen LogP contribution is -2.52. The molecule has 1 atom stereocenters. The van der Waals surface area contributed by atoms with Gasteiger partial charge in [-0.25, -0.2) is 27.8 Å². The number of piperazine rings is 1. The molecule has 0 radical (unpaired) electrons. The molecule has 4 N–H and O–H groups in total. The highest BCUT2D eigenvalue weighted by molar-refractivity contribution is 7.90. The van der Waals surface area contributed by atoms with Crippen LogP contribution in [0.1, 0.15) is 18.9 Å². The standard InChI is InChI=1S/C27H31FN8O3S/c1-4-20(36-12-10-29-11-13-36)26(37)35-25-24-17(8-9-30-25)18(15-31-24)23-16(2)14-32-27(34-23)33-19-6-5-7-21(22(19)28)40(3,38)39/h5-9,14-15,20,29,31H,4,10-13H2,1-3H3,(H,30,35,37)(H,32,33,34)/t20-/m1/s1. The van der Waals surface area contributed by atoms with E-state index in [0.717, 1.165) is 48.9 Å². The number of fused-ring (bicyclic) bond motifs is 1. The fourth-order valence-corrected chi connectivity index (χ4v) is 5.70. The third-order valence-corrected chi connectivity index (χ3v) is 8.08. The number of H-pyrrole nitrogens is 1. The van der Waals surface area contributed by atoms with E-state index in [1.54, 1.807) is 18.6 Å². The lowest BCUT2D eigenvalue weighted by molar-refractivity contribution is -0.121. The smallest absolute Gasteiger partial charge is 0.242 e. The number of hydrogen-bond donors (Lipinski definition) is 4. The van der Waals surface area contributed by atoms with Crippen molar-refractivity contribution in [2.45, 2.75) is 31.2 Å². The quantitative estimate of drug-likeness (QED) is 0.253. The van der Waals surface area contributed by atoms with Crippen molar-refractivity contribution in [1.82, 2.24) is 30.2 Å². The van der Waals surface area contributed by atoms with E-state index in [-0.39, 0.29) is 23.6 Å². The fourth-order valence-electron chi connectivity index (χ4n) is 4.94. The number of aromatic amines is 1. The summed E-state index contributed by atoms with van der Waals surface area (Å²) in [5, 5.41) is 9.90. The molecule has 11 nitrogen and oxygen atoms in total. The maximum atomic E-state index is 14.9. The summed E-state index contributed by atoms with van der Waals surface area (Å²) in [5.41, 5.74) is 2.69. The van der Waals surface area contributed by atoms with Crippen molar-refractivity contribution in [1.29, 1.82) is 0 Å². The van der Waals surface area contributed by atoms with E-state index in [4.69, 9.17) is 0 Å². The van der Waals surface area contributed by atoms with Gasteiger partial charge in [-0.3, -0.25) is 9.69 Å². The predicted molar refractivity (Wildman–Crippen MR) is 152 cm³/mol. The minimum atomic E-state index is -3.75. The first-order valence-electron chi connectivity index (χ1n) is 13.0. The van der Waals surface area contributed by atoms with Gasteiger partial charge >= 0.3 is 0 Å². The molecule has 13 heteroatoms. The number of carbonyl (C=O) groups excluding carboxylic acids is 1. The fraction of sp³-hybridized carbons (Fsp3) is 0.333. The van der Waals surface area contributed by atoms with Crippen LogP contribution in [0.2, 0.25) is 0 Å². The van der Waals surface area contributed by atoms with Crippen LogP contribution in [0.3, 0.4) is 0 Å². The second-order valence-corrected chi connectivity index (χ2v) is 11.7. The van der Waals surface area contributed by atoms with Crippen molar-refractivity contribution in [3.05, 3.63) is 54.2 Å². The van der Waals surface area contributed by atoms with Gasteiger partial charge in [-0.05, 0) is 37.1 Å². The first-order chi connectivity index (χ1) is 19.2. The van der Waals surface area contributed by atoms with Crippen molar-refractivity contribution in [3.63, 3.8) is 0 Å². The van der Waals surface area contributed by atoms with Crippen molar-refractivity contribution < 1.29 is 17.6 Å². The largest absolute Gasteiger partial charge is 0.357 e. The Morgan fingerprint density at radius 2 is 1.98 bits per heavy atom. The molecule has 1 aromatic carbocycles. The van der Waals surface area contributed by atoms with E-state index in [1.807, 2.05) is 19.9 Å². The molecule has 1 aliphatic heterocycles. The van der Waals surface area contributed by atoms with Crippen molar-refractivity contribution in [3.8, 4) is 11.3 Å². The van der Waals surface area contributed by atoms with E-state index >= 15 is 0 Å². The number of aromatic nitrogens is 4. The number of carbonyl (C=O) groups is 1. The summed E-state index contributed by atoms with van der Waals surface area (Å²) in [6.07, 6.45) is 6.64. The zero-order valence-electron chi connectivity index (χ0n) is 22.5. The molecule has 0 bridgehead atoms. The maximum Gasteiger partial charge on any atom is 0.242 e. The zero-order valence-corrected chi connectivity index (χ0v) is 23.3. The molecule has 3 aromatic heterocycles. The number of aryl methyl sites for hydroxylation is 1. The molecular formula is C27H31FN8O3S. The van der Waals surface area contributed by atoms with Crippen LogP contribution >= 0.6 is 0 Å². The first-order valence-corrected chi connectivity index (χ1v) is 14.9. The number of amides is 1. The van der Waals surface area contributed by atoms with Gasteiger partial charge in [-0.15, -0.1) is 0 Å². The van der Waals surface area contributed by atoms with Crippen molar-refractivity contribution in [2.75, 3.05) is 43.1 Å². The molecule has 0 spiro atoms. The summed E-state index contributed by atoms with van der Waals surface area (Å²) in [6, 6.07) is 5.65. The average molecular weight is 567 g/mol. The third kappa shape index (κ3) is 5.53. The number of halogens is 1. The van der Waals surface area contributed by atoms with Gasteiger partial charge in [0.15, 0.2) is 21.5 Å². The number of sulfone groups is 1. The molecule has 210 valence electrons. The number of nitrogens with zero attached hydrogens (tertiary/aromatic N) is 4. The Balaban J connectivity index is 1.44. The van der Waals surface area contributed by atoms with Gasteiger partial charge in [0.25, 0.3) is 0 Å². The van der Waals surface area contributed by atoms with E-state index in [2.05, 4.69) is 40.8 Å². The van der Waals surface area contributed by atoms with Gasteiger partial charge in [0.1, 0.15) is 4.90 Å². The van der Waals surface area contributed by atoms with Crippen LogP contribution in [0.25, 0.3) is 22.2 Å². The van der Waals surface area contributed by atoms with E-state index in [1.165, 1.54) is 18.2 Å². The van der Waals surface area contributed by atoms with Gasteiger partial charge in [-0.1, -0.05) is 13.0 Å². The summed E-state index contributed by atoms with van der Waals surface area (Å²) in [7, 11) is -3.75. The lowest BCUT2D eigenvalue weighted by Gasteiger charge is -2.33. The van der Waals surface area contributed by atoms with E-state index in [9.17, 15) is 17.6 Å². The Morgan fingerprint density at radius 3 is 2.70 bits per heavy atom. The van der Waals surface area contributed by atoms with Gasteiger partial charge in [-0.2, -0.15) is 0 Å². The number of nitrogens with one attached hydrogen (secondary N) is 4. The topological polar surface area (TPSA) is 145 Å². The monoisotopic (exact) mass is 566 g/mol. The average Bonchev–Trinajstić information content (AvgIpc) is 3.36. The van der Waals surface area contributed by atoms with Crippen LogP contribution in [0.4, 0.5) is 21.8 Å². The van der Waals surface area contributed by atoms with Gasteiger partial charge in [0.05, 0.1) is 22.9 Å². The molecule has 1 saturated heterocycles. The van der Waals surface area contributed by atoms with Gasteiger partial charge < -0.3 is 20.9 Å². The minimum absolute atomic E-state index is 0.0548. The Morgan fingerprint density at radius 1 is 1.20 bits per heavy atom. The minimum Gasteiger partial charge on any atom is -0.357 e. The number of anilines is 3. The summed E-state index contributed by atoms with van der Waals surface area (Å²) in [6.45, 7) is 7.17. The molecule has 0 aliphatic carbocycles. The second-order valence-electron chi connectivity index (χ2n) is 9.72. The molecule has 1 aliphatic rings. The SMILES string of the molecule is CC[C@H](C(=O)Nc1nccc2c(-c3nc(Nc4cccc(S(C)(=O)=O)c4F)ncc3C)c[nH]c12)N1CCNCC1. The molecule has 40 heavy (non-hydrogen) atoms. The predicted octanol–water partition coefficient (Wildman–Crippen LogP) is 3.24. The van der Waals surface area contributed by atoms with Crippen LogP contribution in [0.15, 0.2) is 47.8 Å². The number of hydrogen-bond acceptors (Lipinski definition) is 9. The number of benzene rings is 1.